The standard InChI is InChI=1S/C23H24N4O3/c1-17(28)25-12-14-26(15-13-25)23(29)20-16-27(18-8-4-3-5-9-18)24-22(20)19-10-6-7-11-21(19)30-2/h3-11,16H,12-15H2,1-2H3. The molecule has 2 aromatic carbocycles. The molecule has 1 aliphatic rings. The molecule has 0 atom stereocenters. The quantitative estimate of drug-likeness (QED) is 0.671. The summed E-state index contributed by atoms with van der Waals surface area (Å²) in [7, 11) is 1.61. The summed E-state index contributed by atoms with van der Waals surface area (Å²) in [6, 6.07) is 17.2. The number of ether oxygens (including phenoxy) is 1. The lowest BCUT2D eigenvalue weighted by Crippen LogP contribution is -2.50. The minimum Gasteiger partial charge on any atom is -0.496 e. The van der Waals surface area contributed by atoms with Crippen LogP contribution in [0, 0.1) is 0 Å². The zero-order valence-corrected chi connectivity index (χ0v) is 17.1. The van der Waals surface area contributed by atoms with Crippen LogP contribution in [0.25, 0.3) is 16.9 Å². The van der Waals surface area contributed by atoms with Gasteiger partial charge in [-0.25, -0.2) is 4.68 Å². The third-order valence-corrected chi connectivity index (χ3v) is 5.34. The van der Waals surface area contributed by atoms with E-state index in [0.29, 0.717) is 43.2 Å². The molecule has 1 aliphatic heterocycles. The maximum atomic E-state index is 13.4. The fraction of sp³-hybridized carbons (Fsp3) is 0.261. The van der Waals surface area contributed by atoms with Crippen LogP contribution < -0.4 is 4.74 Å². The molecule has 154 valence electrons. The first-order valence-corrected chi connectivity index (χ1v) is 9.91. The summed E-state index contributed by atoms with van der Waals surface area (Å²) in [5, 5.41) is 4.74. The van der Waals surface area contributed by atoms with Crippen molar-refractivity contribution >= 4 is 11.8 Å². The lowest BCUT2D eigenvalue weighted by atomic mass is 10.1. The Labute approximate surface area is 175 Å². The molecular weight excluding hydrogens is 380 g/mol. The predicted molar refractivity (Wildman–Crippen MR) is 114 cm³/mol. The first kappa shape index (κ1) is 19.7. The second-order valence-corrected chi connectivity index (χ2v) is 7.17. The molecule has 3 aromatic rings. The van der Waals surface area contributed by atoms with Gasteiger partial charge in [-0.05, 0) is 24.3 Å². The van der Waals surface area contributed by atoms with E-state index in [0.717, 1.165) is 11.3 Å². The summed E-state index contributed by atoms with van der Waals surface area (Å²) >= 11 is 0. The molecule has 7 heteroatoms. The van der Waals surface area contributed by atoms with Gasteiger partial charge in [0.1, 0.15) is 11.4 Å². The van der Waals surface area contributed by atoms with Gasteiger partial charge in [0.25, 0.3) is 5.91 Å². The molecule has 1 aromatic heterocycles. The van der Waals surface area contributed by atoms with E-state index >= 15 is 0 Å². The van der Waals surface area contributed by atoms with Crippen LogP contribution in [-0.4, -0.2) is 64.7 Å². The fourth-order valence-corrected chi connectivity index (χ4v) is 3.68. The topological polar surface area (TPSA) is 67.7 Å². The maximum Gasteiger partial charge on any atom is 0.257 e. The normalized spacial score (nSPS) is 13.9. The summed E-state index contributed by atoms with van der Waals surface area (Å²) in [6.07, 6.45) is 1.77. The first-order chi connectivity index (χ1) is 14.6. The third kappa shape index (κ3) is 3.78. The van der Waals surface area contributed by atoms with Crippen molar-refractivity contribution in [3.8, 4) is 22.7 Å². The summed E-state index contributed by atoms with van der Waals surface area (Å²) in [5.74, 6) is 0.598. The number of rotatable bonds is 4. The zero-order chi connectivity index (χ0) is 21.1. The van der Waals surface area contributed by atoms with Crippen LogP contribution in [0.2, 0.25) is 0 Å². The molecular formula is C23H24N4O3. The first-order valence-electron chi connectivity index (χ1n) is 9.91. The summed E-state index contributed by atoms with van der Waals surface area (Å²) in [6.45, 7) is 3.64. The molecule has 0 spiro atoms. The van der Waals surface area contributed by atoms with Gasteiger partial charge < -0.3 is 14.5 Å². The molecule has 0 unspecified atom stereocenters. The molecule has 1 saturated heterocycles. The Morgan fingerprint density at radius 3 is 2.20 bits per heavy atom. The van der Waals surface area contributed by atoms with Gasteiger partial charge >= 0.3 is 0 Å². The SMILES string of the molecule is COc1ccccc1-c1nn(-c2ccccc2)cc1C(=O)N1CCN(C(C)=O)CC1. The number of aromatic nitrogens is 2. The van der Waals surface area contributed by atoms with Crippen molar-refractivity contribution in [2.24, 2.45) is 0 Å². The highest BCUT2D eigenvalue weighted by atomic mass is 16.5. The molecule has 4 rings (SSSR count). The van der Waals surface area contributed by atoms with Crippen LogP contribution in [0.5, 0.6) is 5.75 Å². The third-order valence-electron chi connectivity index (χ3n) is 5.34. The van der Waals surface area contributed by atoms with Crippen molar-refractivity contribution in [3.63, 3.8) is 0 Å². The minimum absolute atomic E-state index is 0.0358. The molecule has 0 radical (unpaired) electrons. The Bertz CT molecular complexity index is 1050. The van der Waals surface area contributed by atoms with Gasteiger partial charge in [0, 0.05) is 44.9 Å². The largest absolute Gasteiger partial charge is 0.496 e. The van der Waals surface area contributed by atoms with Crippen molar-refractivity contribution in [2.75, 3.05) is 33.3 Å². The molecule has 7 nitrogen and oxygen atoms in total. The number of hydrogen-bond donors (Lipinski definition) is 0. The van der Waals surface area contributed by atoms with E-state index in [2.05, 4.69) is 0 Å². The molecule has 0 N–H and O–H groups in total. The van der Waals surface area contributed by atoms with E-state index in [9.17, 15) is 9.59 Å². The Kier molecular flexibility index (Phi) is 5.52. The Hall–Kier alpha value is -3.61. The van der Waals surface area contributed by atoms with E-state index in [-0.39, 0.29) is 11.8 Å². The average Bonchev–Trinajstić information content (AvgIpc) is 3.24. The Balaban J connectivity index is 1.73. The fourth-order valence-electron chi connectivity index (χ4n) is 3.68. The van der Waals surface area contributed by atoms with E-state index in [1.807, 2.05) is 54.6 Å². The van der Waals surface area contributed by atoms with Crippen molar-refractivity contribution in [1.29, 1.82) is 0 Å². The molecule has 0 saturated carbocycles. The molecule has 2 heterocycles. The van der Waals surface area contributed by atoms with E-state index in [1.165, 1.54) is 0 Å². The monoisotopic (exact) mass is 404 g/mol. The maximum absolute atomic E-state index is 13.4. The van der Waals surface area contributed by atoms with E-state index < -0.39 is 0 Å². The highest BCUT2D eigenvalue weighted by Crippen LogP contribution is 2.32. The average molecular weight is 404 g/mol. The van der Waals surface area contributed by atoms with E-state index in [1.54, 1.807) is 34.7 Å². The lowest BCUT2D eigenvalue weighted by Gasteiger charge is -2.34. The van der Waals surface area contributed by atoms with Crippen LogP contribution in [0.4, 0.5) is 0 Å². The number of benzene rings is 2. The molecule has 2 amide bonds. The second kappa shape index (κ2) is 8.41. The number of methoxy groups -OCH3 is 1. The highest BCUT2D eigenvalue weighted by Gasteiger charge is 2.28. The molecule has 0 aliphatic carbocycles. The van der Waals surface area contributed by atoms with Crippen molar-refractivity contribution < 1.29 is 14.3 Å². The van der Waals surface area contributed by atoms with Crippen LogP contribution >= 0.6 is 0 Å². The molecule has 0 bridgehead atoms. The molecule has 30 heavy (non-hydrogen) atoms. The minimum atomic E-state index is -0.0960. The van der Waals surface area contributed by atoms with Gasteiger partial charge in [0.15, 0.2) is 0 Å². The van der Waals surface area contributed by atoms with Crippen molar-refractivity contribution in [3.05, 3.63) is 66.4 Å². The summed E-state index contributed by atoms with van der Waals surface area (Å²) in [4.78, 5) is 28.6. The van der Waals surface area contributed by atoms with Gasteiger partial charge in [0.05, 0.1) is 18.4 Å². The number of carbonyl (C=O) groups is 2. The number of piperazine rings is 1. The number of para-hydroxylation sites is 2. The van der Waals surface area contributed by atoms with E-state index in [4.69, 9.17) is 9.84 Å². The lowest BCUT2D eigenvalue weighted by molar-refractivity contribution is -0.130. The van der Waals surface area contributed by atoms with Crippen LogP contribution in [0.15, 0.2) is 60.8 Å². The van der Waals surface area contributed by atoms with Crippen molar-refractivity contribution in [1.82, 2.24) is 19.6 Å². The predicted octanol–water partition coefficient (Wildman–Crippen LogP) is 2.85. The second-order valence-electron chi connectivity index (χ2n) is 7.17. The van der Waals surface area contributed by atoms with Crippen molar-refractivity contribution in [2.45, 2.75) is 6.92 Å². The van der Waals surface area contributed by atoms with Crippen LogP contribution in [-0.2, 0) is 4.79 Å². The van der Waals surface area contributed by atoms with Crippen LogP contribution in [0.3, 0.4) is 0 Å². The van der Waals surface area contributed by atoms with Crippen LogP contribution in [0.1, 0.15) is 17.3 Å². The number of nitrogens with zero attached hydrogens (tertiary/aromatic N) is 4. The summed E-state index contributed by atoms with van der Waals surface area (Å²) < 4.78 is 7.24. The Morgan fingerprint density at radius 2 is 1.53 bits per heavy atom. The zero-order valence-electron chi connectivity index (χ0n) is 17.1. The van der Waals surface area contributed by atoms with Gasteiger partial charge in [-0.2, -0.15) is 5.10 Å². The highest BCUT2D eigenvalue weighted by molar-refractivity contribution is 6.00. The van der Waals surface area contributed by atoms with Gasteiger partial charge in [-0.3, -0.25) is 9.59 Å². The van der Waals surface area contributed by atoms with Gasteiger partial charge in [0.2, 0.25) is 5.91 Å². The number of amides is 2. The molecule has 1 fully saturated rings. The smallest absolute Gasteiger partial charge is 0.257 e. The van der Waals surface area contributed by atoms with Gasteiger partial charge in [-0.1, -0.05) is 30.3 Å². The number of carbonyl (C=O) groups excluding carboxylic acids is 2. The number of hydrogen-bond acceptors (Lipinski definition) is 4. The van der Waals surface area contributed by atoms with Gasteiger partial charge in [-0.15, -0.1) is 0 Å². The Morgan fingerprint density at radius 1 is 0.900 bits per heavy atom. The summed E-state index contributed by atoms with van der Waals surface area (Å²) in [5.41, 5.74) is 2.73.